The summed E-state index contributed by atoms with van der Waals surface area (Å²) >= 11 is 0. The quantitative estimate of drug-likeness (QED) is 0.583. The van der Waals surface area contributed by atoms with E-state index >= 15 is 0 Å². The largest absolute Gasteiger partial charge is 0.481 e. The van der Waals surface area contributed by atoms with E-state index in [9.17, 15) is 9.59 Å². The zero-order valence-electron chi connectivity index (χ0n) is 16.9. The number of carboxylic acids is 1. The van der Waals surface area contributed by atoms with E-state index in [-0.39, 0.29) is 12.3 Å². The van der Waals surface area contributed by atoms with Gasteiger partial charge in [-0.2, -0.15) is 0 Å². The minimum atomic E-state index is -0.821. The number of benzene rings is 2. The predicted octanol–water partition coefficient (Wildman–Crippen LogP) is 3.66. The lowest BCUT2D eigenvalue weighted by Crippen LogP contribution is -2.38. The maximum atomic E-state index is 13.1. The Bertz CT molecular complexity index is 1060. The number of rotatable bonds is 6. The van der Waals surface area contributed by atoms with Gasteiger partial charge in [0.15, 0.2) is 0 Å². The molecule has 1 saturated heterocycles. The highest BCUT2D eigenvalue weighted by molar-refractivity contribution is 5.99. The van der Waals surface area contributed by atoms with Gasteiger partial charge in [0.1, 0.15) is 5.69 Å². The second-order valence-corrected chi connectivity index (χ2v) is 7.97. The molecule has 3 aromatic rings. The first-order chi connectivity index (χ1) is 14.5. The number of carboxylic acid groups (broad SMARTS) is 1. The molecule has 1 amide bonds. The third-order valence-electron chi connectivity index (χ3n) is 6.03. The number of piperidine rings is 1. The molecule has 156 valence electrons. The van der Waals surface area contributed by atoms with Crippen molar-refractivity contribution in [2.24, 2.45) is 5.73 Å². The number of aromatic nitrogens is 1. The van der Waals surface area contributed by atoms with Crippen molar-refractivity contribution in [3.05, 3.63) is 70.9 Å². The average Bonchev–Trinajstić information content (AvgIpc) is 3.22. The van der Waals surface area contributed by atoms with Crippen molar-refractivity contribution in [3.8, 4) is 0 Å². The summed E-state index contributed by atoms with van der Waals surface area (Å²) in [6, 6.07) is 16.0. The Morgan fingerprint density at radius 1 is 1.10 bits per heavy atom. The molecular weight excluding hydrogens is 378 g/mol. The molecule has 4 rings (SSSR count). The summed E-state index contributed by atoms with van der Waals surface area (Å²) in [6.07, 6.45) is 2.39. The second kappa shape index (κ2) is 8.71. The molecule has 0 bridgehead atoms. The number of nitrogens with one attached hydrogen (secondary N) is 1. The first-order valence-electron chi connectivity index (χ1n) is 10.5. The lowest BCUT2D eigenvalue weighted by atomic mass is 9.88. The Morgan fingerprint density at radius 3 is 2.60 bits per heavy atom. The zero-order valence-corrected chi connectivity index (χ0v) is 16.9. The van der Waals surface area contributed by atoms with Crippen LogP contribution in [0.1, 0.15) is 52.4 Å². The molecule has 2 aromatic carbocycles. The maximum Gasteiger partial charge on any atom is 0.303 e. The smallest absolute Gasteiger partial charge is 0.303 e. The molecule has 0 spiro atoms. The highest BCUT2D eigenvalue weighted by Crippen LogP contribution is 2.30. The van der Waals surface area contributed by atoms with Gasteiger partial charge in [0.05, 0.1) is 0 Å². The number of H-pyrrole nitrogens is 1. The fourth-order valence-corrected chi connectivity index (χ4v) is 4.35. The molecule has 1 aliphatic heterocycles. The van der Waals surface area contributed by atoms with E-state index in [1.54, 1.807) is 0 Å². The number of likely N-dealkylation sites (tertiary alicyclic amines) is 1. The third kappa shape index (κ3) is 4.24. The average molecular weight is 405 g/mol. The number of amides is 1. The van der Waals surface area contributed by atoms with Crippen LogP contribution in [0.5, 0.6) is 0 Å². The summed E-state index contributed by atoms with van der Waals surface area (Å²) in [6.45, 7) is 1.98. The van der Waals surface area contributed by atoms with Crippen LogP contribution in [0.15, 0.2) is 48.5 Å². The minimum absolute atomic E-state index is 0.00421. The van der Waals surface area contributed by atoms with E-state index in [2.05, 4.69) is 23.2 Å². The molecule has 0 saturated carbocycles. The van der Waals surface area contributed by atoms with Crippen molar-refractivity contribution in [1.82, 2.24) is 9.88 Å². The van der Waals surface area contributed by atoms with Crippen molar-refractivity contribution in [2.45, 2.75) is 38.1 Å². The number of aromatic amines is 1. The first kappa shape index (κ1) is 20.2. The Balaban J connectivity index is 1.45. The van der Waals surface area contributed by atoms with Gasteiger partial charge < -0.3 is 20.7 Å². The summed E-state index contributed by atoms with van der Waals surface area (Å²) in [5.41, 5.74) is 10.6. The van der Waals surface area contributed by atoms with Crippen LogP contribution >= 0.6 is 0 Å². The zero-order chi connectivity index (χ0) is 21.1. The van der Waals surface area contributed by atoms with Gasteiger partial charge in [0.25, 0.3) is 5.91 Å². The normalized spacial score (nSPS) is 14.9. The first-order valence-corrected chi connectivity index (χ1v) is 10.5. The second-order valence-electron chi connectivity index (χ2n) is 7.97. The van der Waals surface area contributed by atoms with E-state index < -0.39 is 5.97 Å². The number of carbonyl (C=O) groups is 2. The third-order valence-corrected chi connectivity index (χ3v) is 6.03. The van der Waals surface area contributed by atoms with Crippen molar-refractivity contribution in [1.29, 1.82) is 0 Å². The van der Waals surface area contributed by atoms with E-state index in [1.165, 1.54) is 5.56 Å². The van der Waals surface area contributed by atoms with Gasteiger partial charge in [-0.05, 0) is 54.0 Å². The predicted molar refractivity (Wildman–Crippen MR) is 116 cm³/mol. The highest BCUT2D eigenvalue weighted by atomic mass is 16.4. The van der Waals surface area contributed by atoms with Crippen LogP contribution in [0.25, 0.3) is 10.9 Å². The molecular formula is C24H27N3O3. The van der Waals surface area contributed by atoms with Gasteiger partial charge in [0.2, 0.25) is 0 Å². The fourth-order valence-electron chi connectivity index (χ4n) is 4.35. The topological polar surface area (TPSA) is 99.4 Å². The Kier molecular flexibility index (Phi) is 5.86. The SMILES string of the molecule is NCc1cccc(C2CCN(C(=O)c3cc4c(CCC(=O)O)cccc4[nH]3)CC2)c1. The molecule has 6 nitrogen and oxygen atoms in total. The van der Waals surface area contributed by atoms with Gasteiger partial charge in [-0.3, -0.25) is 9.59 Å². The lowest BCUT2D eigenvalue weighted by Gasteiger charge is -2.32. The van der Waals surface area contributed by atoms with Gasteiger partial charge in [-0.15, -0.1) is 0 Å². The van der Waals surface area contributed by atoms with E-state index in [0.717, 1.165) is 48.0 Å². The van der Waals surface area contributed by atoms with Crippen molar-refractivity contribution >= 4 is 22.8 Å². The molecule has 1 fully saturated rings. The number of nitrogens with two attached hydrogens (primary N) is 1. The molecule has 0 unspecified atom stereocenters. The van der Waals surface area contributed by atoms with Gasteiger partial charge in [-0.1, -0.05) is 36.4 Å². The number of aliphatic carboxylic acids is 1. The maximum absolute atomic E-state index is 13.1. The Morgan fingerprint density at radius 2 is 1.87 bits per heavy atom. The van der Waals surface area contributed by atoms with Gasteiger partial charge in [-0.25, -0.2) is 0 Å². The van der Waals surface area contributed by atoms with Crippen LogP contribution in [0.4, 0.5) is 0 Å². The summed E-state index contributed by atoms with van der Waals surface area (Å²) in [7, 11) is 0. The summed E-state index contributed by atoms with van der Waals surface area (Å²) < 4.78 is 0. The fraction of sp³-hybridized carbons (Fsp3) is 0.333. The van der Waals surface area contributed by atoms with Crippen LogP contribution < -0.4 is 5.73 Å². The van der Waals surface area contributed by atoms with Crippen LogP contribution in [0.3, 0.4) is 0 Å². The number of fused-ring (bicyclic) bond motifs is 1. The van der Waals surface area contributed by atoms with Crippen LogP contribution in [-0.4, -0.2) is 40.0 Å². The van der Waals surface area contributed by atoms with Crippen molar-refractivity contribution in [2.75, 3.05) is 13.1 Å². The molecule has 30 heavy (non-hydrogen) atoms. The standard InChI is InChI=1S/C24H27N3O3/c25-15-16-3-1-5-19(13-16)17-9-11-27(12-10-17)24(30)22-14-20-18(7-8-23(28)29)4-2-6-21(20)26-22/h1-6,13-14,17,26H,7-12,15,25H2,(H,28,29). The van der Waals surface area contributed by atoms with E-state index in [0.29, 0.717) is 24.6 Å². The monoisotopic (exact) mass is 405 g/mol. The summed E-state index contributed by atoms with van der Waals surface area (Å²) in [5, 5.41) is 9.90. The molecule has 4 N–H and O–H groups in total. The number of hydrogen-bond acceptors (Lipinski definition) is 3. The lowest BCUT2D eigenvalue weighted by molar-refractivity contribution is -0.136. The number of carbonyl (C=O) groups excluding carboxylic acids is 1. The Labute approximate surface area is 175 Å². The van der Waals surface area contributed by atoms with E-state index in [1.807, 2.05) is 35.2 Å². The Hall–Kier alpha value is -3.12. The molecule has 0 atom stereocenters. The summed E-state index contributed by atoms with van der Waals surface area (Å²) in [4.78, 5) is 29.1. The molecule has 2 heterocycles. The summed E-state index contributed by atoms with van der Waals surface area (Å²) in [5.74, 6) is -0.367. The molecule has 0 radical (unpaired) electrons. The van der Waals surface area contributed by atoms with Crippen LogP contribution in [-0.2, 0) is 17.8 Å². The number of hydrogen-bond donors (Lipinski definition) is 3. The van der Waals surface area contributed by atoms with Gasteiger partial charge in [0, 0.05) is 37.0 Å². The van der Waals surface area contributed by atoms with E-state index in [4.69, 9.17) is 10.8 Å². The van der Waals surface area contributed by atoms with Gasteiger partial charge >= 0.3 is 5.97 Å². The van der Waals surface area contributed by atoms with Crippen molar-refractivity contribution in [3.63, 3.8) is 0 Å². The van der Waals surface area contributed by atoms with Crippen LogP contribution in [0, 0.1) is 0 Å². The minimum Gasteiger partial charge on any atom is -0.481 e. The number of nitrogens with zero attached hydrogens (tertiary/aromatic N) is 1. The highest BCUT2D eigenvalue weighted by Gasteiger charge is 2.25. The van der Waals surface area contributed by atoms with Crippen LogP contribution in [0.2, 0.25) is 0 Å². The molecule has 1 aromatic heterocycles. The molecule has 1 aliphatic rings. The number of aryl methyl sites for hydroxylation is 1. The molecule has 6 heteroatoms. The van der Waals surface area contributed by atoms with Crippen molar-refractivity contribution < 1.29 is 14.7 Å². The molecule has 0 aliphatic carbocycles.